The minimum absolute atomic E-state index is 0.00698. The number of carbonyl (C=O) groups is 2. The first kappa shape index (κ1) is 23.0. The van der Waals surface area contributed by atoms with E-state index in [-0.39, 0.29) is 30.3 Å². The van der Waals surface area contributed by atoms with Crippen molar-refractivity contribution in [1.82, 2.24) is 9.91 Å². The molecule has 1 atom stereocenters. The zero-order chi connectivity index (χ0) is 23.2. The zero-order valence-electron chi connectivity index (χ0n) is 19.2. The van der Waals surface area contributed by atoms with Gasteiger partial charge in [-0.15, -0.1) is 0 Å². The van der Waals surface area contributed by atoms with Crippen molar-refractivity contribution in [3.05, 3.63) is 54.0 Å². The summed E-state index contributed by atoms with van der Waals surface area (Å²) in [5, 5.41) is 6.14. The van der Waals surface area contributed by atoms with Gasteiger partial charge in [0.25, 0.3) is 5.91 Å². The molecule has 2 amide bonds. The summed E-state index contributed by atoms with van der Waals surface area (Å²) >= 11 is 0. The summed E-state index contributed by atoms with van der Waals surface area (Å²) in [6.45, 7) is 0.731. The normalized spacial score (nSPS) is 18.4. The van der Waals surface area contributed by atoms with Gasteiger partial charge in [-0.3, -0.25) is 9.59 Å². The van der Waals surface area contributed by atoms with E-state index in [2.05, 4.69) is 5.10 Å². The molecule has 8 nitrogen and oxygen atoms in total. The van der Waals surface area contributed by atoms with Gasteiger partial charge in [-0.2, -0.15) is 5.10 Å². The maximum Gasteiger partial charge on any atom is 0.262 e. The highest BCUT2D eigenvalue weighted by atomic mass is 16.5. The lowest BCUT2D eigenvalue weighted by Gasteiger charge is -2.27. The number of methoxy groups -OCH3 is 2. The molecule has 1 aromatic carbocycles. The molecule has 1 saturated carbocycles. The Bertz CT molecular complexity index is 964. The largest absolute Gasteiger partial charge is 0.497 e. The summed E-state index contributed by atoms with van der Waals surface area (Å²) in [5.74, 6) is 1.22. The minimum Gasteiger partial charge on any atom is -0.497 e. The highest BCUT2D eigenvalue weighted by Crippen LogP contribution is 2.34. The van der Waals surface area contributed by atoms with Gasteiger partial charge in [0.2, 0.25) is 5.91 Å². The van der Waals surface area contributed by atoms with Gasteiger partial charge in [0.15, 0.2) is 0 Å². The van der Waals surface area contributed by atoms with Crippen LogP contribution in [-0.4, -0.2) is 61.4 Å². The third kappa shape index (κ3) is 5.27. The molecule has 1 fully saturated rings. The number of furan rings is 1. The van der Waals surface area contributed by atoms with Gasteiger partial charge in [0.1, 0.15) is 24.1 Å². The monoisotopic (exact) mass is 453 g/mol. The summed E-state index contributed by atoms with van der Waals surface area (Å²) in [4.78, 5) is 28.2. The molecule has 176 valence electrons. The first-order valence-electron chi connectivity index (χ1n) is 11.5. The molecule has 1 aromatic heterocycles. The van der Waals surface area contributed by atoms with Crippen LogP contribution in [0.2, 0.25) is 0 Å². The molecule has 8 heteroatoms. The van der Waals surface area contributed by atoms with Gasteiger partial charge in [-0.25, -0.2) is 5.01 Å². The Hall–Kier alpha value is -3.13. The molecule has 0 saturated heterocycles. The zero-order valence-corrected chi connectivity index (χ0v) is 19.2. The van der Waals surface area contributed by atoms with E-state index in [9.17, 15) is 9.59 Å². The van der Waals surface area contributed by atoms with Crippen molar-refractivity contribution < 1.29 is 23.5 Å². The van der Waals surface area contributed by atoms with Crippen molar-refractivity contribution in [2.24, 2.45) is 11.0 Å². The standard InChI is InChI=1S/C25H31N3O5/c1-31-15-13-27(25(30)19-6-3-4-7-19)17-24(29)28-22(23-8-5-14-33-23)16-21(26-28)18-9-11-20(32-2)12-10-18/h5,8-12,14,19,22H,3-4,6-7,13,15-17H2,1-2H3/t22-/m1/s1. The Labute approximate surface area is 194 Å². The van der Waals surface area contributed by atoms with E-state index in [4.69, 9.17) is 13.9 Å². The summed E-state index contributed by atoms with van der Waals surface area (Å²) in [6.07, 6.45) is 6.01. The first-order valence-corrected chi connectivity index (χ1v) is 11.5. The van der Waals surface area contributed by atoms with Crippen LogP contribution in [0.5, 0.6) is 5.75 Å². The second kappa shape index (κ2) is 10.7. The van der Waals surface area contributed by atoms with Crippen LogP contribution in [0.3, 0.4) is 0 Å². The fourth-order valence-corrected chi connectivity index (χ4v) is 4.54. The number of ether oxygens (including phenoxy) is 2. The van der Waals surface area contributed by atoms with Crippen molar-refractivity contribution in [3.63, 3.8) is 0 Å². The molecule has 0 spiro atoms. The van der Waals surface area contributed by atoms with Crippen LogP contribution in [0, 0.1) is 5.92 Å². The molecule has 0 unspecified atom stereocenters. The minimum atomic E-state index is -0.351. The van der Waals surface area contributed by atoms with Gasteiger partial charge in [0, 0.05) is 26.0 Å². The van der Waals surface area contributed by atoms with E-state index < -0.39 is 0 Å². The molecule has 1 aliphatic carbocycles. The molecule has 2 aliphatic rings. The highest BCUT2D eigenvalue weighted by Gasteiger charge is 2.37. The molecule has 0 radical (unpaired) electrons. The highest BCUT2D eigenvalue weighted by molar-refractivity contribution is 6.03. The number of hydrazone groups is 1. The maximum absolute atomic E-state index is 13.4. The lowest BCUT2D eigenvalue weighted by Crippen LogP contribution is -2.44. The Morgan fingerprint density at radius 1 is 1.15 bits per heavy atom. The van der Waals surface area contributed by atoms with Crippen molar-refractivity contribution in [2.45, 2.75) is 38.1 Å². The van der Waals surface area contributed by atoms with Crippen molar-refractivity contribution in [2.75, 3.05) is 33.9 Å². The van der Waals surface area contributed by atoms with Crippen molar-refractivity contribution >= 4 is 17.5 Å². The lowest BCUT2D eigenvalue weighted by molar-refractivity contribution is -0.144. The Morgan fingerprint density at radius 2 is 1.91 bits per heavy atom. The van der Waals surface area contributed by atoms with E-state index in [0.717, 1.165) is 42.7 Å². The molecule has 2 heterocycles. The quantitative estimate of drug-likeness (QED) is 0.579. The molecule has 33 heavy (non-hydrogen) atoms. The molecular formula is C25H31N3O5. The number of benzene rings is 1. The predicted octanol–water partition coefficient (Wildman–Crippen LogP) is 3.63. The Balaban J connectivity index is 1.55. The fourth-order valence-electron chi connectivity index (χ4n) is 4.54. The summed E-state index contributed by atoms with van der Waals surface area (Å²) in [6, 6.07) is 10.9. The number of nitrogens with zero attached hydrogens (tertiary/aromatic N) is 3. The molecule has 0 N–H and O–H groups in total. The predicted molar refractivity (Wildman–Crippen MR) is 123 cm³/mol. The smallest absolute Gasteiger partial charge is 0.262 e. The van der Waals surface area contributed by atoms with Gasteiger partial charge in [0.05, 0.1) is 25.7 Å². The molecular weight excluding hydrogens is 422 g/mol. The van der Waals surface area contributed by atoms with E-state index in [1.165, 1.54) is 5.01 Å². The number of hydrogen-bond donors (Lipinski definition) is 0. The number of amides is 2. The third-order valence-electron chi connectivity index (χ3n) is 6.37. The lowest BCUT2D eigenvalue weighted by atomic mass is 10.0. The van der Waals surface area contributed by atoms with Crippen LogP contribution in [-0.2, 0) is 14.3 Å². The van der Waals surface area contributed by atoms with Gasteiger partial charge >= 0.3 is 0 Å². The maximum atomic E-state index is 13.4. The topological polar surface area (TPSA) is 84.6 Å². The van der Waals surface area contributed by atoms with Gasteiger partial charge < -0.3 is 18.8 Å². The van der Waals surface area contributed by atoms with Gasteiger partial charge in [-0.1, -0.05) is 12.8 Å². The fraction of sp³-hybridized carbons (Fsp3) is 0.480. The average molecular weight is 454 g/mol. The van der Waals surface area contributed by atoms with E-state index in [1.807, 2.05) is 30.3 Å². The second-order valence-corrected chi connectivity index (χ2v) is 8.48. The van der Waals surface area contributed by atoms with Crippen LogP contribution in [0.1, 0.15) is 49.5 Å². The van der Waals surface area contributed by atoms with E-state index in [1.54, 1.807) is 31.4 Å². The third-order valence-corrected chi connectivity index (χ3v) is 6.37. The molecule has 2 aromatic rings. The molecule has 4 rings (SSSR count). The van der Waals surface area contributed by atoms with Crippen LogP contribution >= 0.6 is 0 Å². The van der Waals surface area contributed by atoms with Crippen LogP contribution in [0.4, 0.5) is 0 Å². The Kier molecular flexibility index (Phi) is 7.44. The first-order chi connectivity index (χ1) is 16.1. The number of hydrogen-bond acceptors (Lipinski definition) is 6. The summed E-state index contributed by atoms with van der Waals surface area (Å²) in [7, 11) is 3.22. The average Bonchev–Trinajstić information content (AvgIpc) is 3.62. The summed E-state index contributed by atoms with van der Waals surface area (Å²) < 4.78 is 16.1. The summed E-state index contributed by atoms with van der Waals surface area (Å²) in [5.41, 5.74) is 1.71. The van der Waals surface area contributed by atoms with Crippen molar-refractivity contribution in [1.29, 1.82) is 0 Å². The van der Waals surface area contributed by atoms with Gasteiger partial charge in [-0.05, 0) is 54.8 Å². The number of carbonyl (C=O) groups excluding carboxylic acids is 2. The van der Waals surface area contributed by atoms with Crippen LogP contribution in [0.15, 0.2) is 52.2 Å². The molecule has 1 aliphatic heterocycles. The number of rotatable bonds is 9. The van der Waals surface area contributed by atoms with Crippen molar-refractivity contribution in [3.8, 4) is 5.75 Å². The van der Waals surface area contributed by atoms with E-state index in [0.29, 0.717) is 25.3 Å². The van der Waals surface area contributed by atoms with E-state index >= 15 is 0 Å². The van der Waals surface area contributed by atoms with Crippen LogP contribution in [0.25, 0.3) is 0 Å². The SMILES string of the molecule is COCCN(CC(=O)N1N=C(c2ccc(OC)cc2)C[C@@H]1c1ccco1)C(=O)C1CCCC1. The Morgan fingerprint density at radius 3 is 2.55 bits per heavy atom. The second-order valence-electron chi connectivity index (χ2n) is 8.48. The molecule has 0 bridgehead atoms. The van der Waals surface area contributed by atoms with Crippen LogP contribution < -0.4 is 4.74 Å².